The van der Waals surface area contributed by atoms with Gasteiger partial charge in [0.25, 0.3) is 0 Å². The first-order valence-electron chi connectivity index (χ1n) is 6.47. The summed E-state index contributed by atoms with van der Waals surface area (Å²) in [6, 6.07) is 0.328. The van der Waals surface area contributed by atoms with Crippen LogP contribution in [0.4, 0.5) is 0 Å². The van der Waals surface area contributed by atoms with Crippen LogP contribution in [0, 0.1) is 11.8 Å². The summed E-state index contributed by atoms with van der Waals surface area (Å²) in [5, 5.41) is 13.4. The van der Waals surface area contributed by atoms with E-state index in [1.165, 1.54) is 0 Å². The maximum absolute atomic E-state index is 10.0. The molecule has 3 nitrogen and oxygen atoms in total. The van der Waals surface area contributed by atoms with Gasteiger partial charge in [0.15, 0.2) is 0 Å². The average Bonchev–Trinajstić information content (AvgIpc) is 2.25. The van der Waals surface area contributed by atoms with Gasteiger partial charge in [0.2, 0.25) is 0 Å². The second-order valence-electron chi connectivity index (χ2n) is 4.86. The van der Waals surface area contributed by atoms with Gasteiger partial charge in [-0.05, 0) is 11.8 Å². The number of hydrogen-bond acceptors (Lipinski definition) is 3. The zero-order valence-electron chi connectivity index (χ0n) is 11.5. The lowest BCUT2D eigenvalue weighted by atomic mass is 9.96. The molecule has 0 fully saturated rings. The van der Waals surface area contributed by atoms with Crippen LogP contribution in [0.15, 0.2) is 0 Å². The lowest BCUT2D eigenvalue weighted by Gasteiger charge is -2.26. The zero-order valence-corrected chi connectivity index (χ0v) is 11.5. The molecule has 2 atom stereocenters. The Balaban J connectivity index is 3.98. The Morgan fingerprint density at radius 3 is 2.12 bits per heavy atom. The molecule has 2 unspecified atom stereocenters. The molecule has 0 heterocycles. The highest BCUT2D eigenvalue weighted by Crippen LogP contribution is 2.13. The smallest absolute Gasteiger partial charge is 0.0692 e. The monoisotopic (exact) mass is 231 g/mol. The van der Waals surface area contributed by atoms with Gasteiger partial charge in [0.05, 0.1) is 12.7 Å². The summed E-state index contributed by atoms with van der Waals surface area (Å²) in [6.45, 7) is 9.96. The molecule has 0 aromatic rings. The van der Waals surface area contributed by atoms with Gasteiger partial charge in [-0.25, -0.2) is 0 Å². The molecule has 2 N–H and O–H groups in total. The third-order valence-corrected chi connectivity index (χ3v) is 3.33. The Kier molecular flexibility index (Phi) is 8.90. The van der Waals surface area contributed by atoms with Crippen molar-refractivity contribution in [1.82, 2.24) is 5.32 Å². The van der Waals surface area contributed by atoms with E-state index in [1.54, 1.807) is 7.11 Å². The number of nitrogens with one attached hydrogen (secondary N) is 1. The van der Waals surface area contributed by atoms with E-state index < -0.39 is 0 Å². The van der Waals surface area contributed by atoms with Gasteiger partial charge in [-0.3, -0.25) is 0 Å². The van der Waals surface area contributed by atoms with Gasteiger partial charge < -0.3 is 15.2 Å². The molecule has 98 valence electrons. The predicted octanol–water partition coefficient (Wildman–Crippen LogP) is 2.04. The number of ether oxygens (including phenoxy) is 1. The predicted molar refractivity (Wildman–Crippen MR) is 68.6 cm³/mol. The normalized spacial score (nSPS) is 15.8. The number of aliphatic hydroxyl groups is 1. The van der Waals surface area contributed by atoms with Crippen LogP contribution in [0.2, 0.25) is 0 Å². The first kappa shape index (κ1) is 15.9. The molecule has 0 aliphatic carbocycles. The lowest BCUT2D eigenvalue weighted by molar-refractivity contribution is 0.0847. The van der Waals surface area contributed by atoms with Gasteiger partial charge in [-0.15, -0.1) is 0 Å². The standard InChI is InChI=1S/C13H29NO2/c1-6-11(7-2)13(15)8-14-12(9-16-5)10(3)4/h10-15H,6-9H2,1-5H3. The summed E-state index contributed by atoms with van der Waals surface area (Å²) < 4.78 is 5.17. The number of hydrogen-bond donors (Lipinski definition) is 2. The largest absolute Gasteiger partial charge is 0.392 e. The van der Waals surface area contributed by atoms with Crippen LogP contribution in [0.1, 0.15) is 40.5 Å². The Morgan fingerprint density at radius 2 is 1.75 bits per heavy atom. The summed E-state index contributed by atoms with van der Waals surface area (Å²) in [6.07, 6.45) is 1.83. The Labute approximate surface area is 101 Å². The molecule has 0 spiro atoms. The molecule has 0 bridgehead atoms. The van der Waals surface area contributed by atoms with E-state index in [2.05, 4.69) is 33.0 Å². The molecule has 0 amide bonds. The maximum atomic E-state index is 10.0. The molecule has 0 aliphatic heterocycles. The van der Waals surface area contributed by atoms with Gasteiger partial charge >= 0.3 is 0 Å². The topological polar surface area (TPSA) is 41.5 Å². The third-order valence-electron chi connectivity index (χ3n) is 3.33. The molecule has 0 aromatic heterocycles. The molecule has 0 aromatic carbocycles. The van der Waals surface area contributed by atoms with Crippen molar-refractivity contribution in [1.29, 1.82) is 0 Å². The summed E-state index contributed by atoms with van der Waals surface area (Å²) in [7, 11) is 1.72. The van der Waals surface area contributed by atoms with Crippen molar-refractivity contribution < 1.29 is 9.84 Å². The maximum Gasteiger partial charge on any atom is 0.0692 e. The lowest BCUT2D eigenvalue weighted by Crippen LogP contribution is -2.43. The molecule has 3 heteroatoms. The zero-order chi connectivity index (χ0) is 12.6. The quantitative estimate of drug-likeness (QED) is 0.638. The van der Waals surface area contributed by atoms with Gasteiger partial charge in [-0.2, -0.15) is 0 Å². The van der Waals surface area contributed by atoms with E-state index in [0.29, 0.717) is 31.0 Å². The average molecular weight is 231 g/mol. The highest BCUT2D eigenvalue weighted by atomic mass is 16.5. The van der Waals surface area contributed by atoms with Crippen molar-refractivity contribution in [3.05, 3.63) is 0 Å². The fourth-order valence-corrected chi connectivity index (χ4v) is 1.94. The van der Waals surface area contributed by atoms with Crippen LogP contribution in [-0.4, -0.2) is 37.5 Å². The minimum absolute atomic E-state index is 0.242. The first-order valence-corrected chi connectivity index (χ1v) is 6.47. The van der Waals surface area contributed by atoms with Crippen LogP contribution in [-0.2, 0) is 4.74 Å². The molecule has 0 rings (SSSR count). The SMILES string of the molecule is CCC(CC)C(O)CNC(COC)C(C)C. The van der Waals surface area contributed by atoms with Gasteiger partial charge in [-0.1, -0.05) is 40.5 Å². The van der Waals surface area contributed by atoms with Crippen molar-refractivity contribution in [2.75, 3.05) is 20.3 Å². The van der Waals surface area contributed by atoms with E-state index in [9.17, 15) is 5.11 Å². The Bertz CT molecular complexity index is 158. The molecule has 0 radical (unpaired) electrons. The van der Waals surface area contributed by atoms with E-state index in [1.807, 2.05) is 0 Å². The molecule has 16 heavy (non-hydrogen) atoms. The summed E-state index contributed by atoms with van der Waals surface area (Å²) in [4.78, 5) is 0. The van der Waals surface area contributed by atoms with Crippen LogP contribution >= 0.6 is 0 Å². The highest BCUT2D eigenvalue weighted by Gasteiger charge is 2.18. The van der Waals surface area contributed by atoms with Gasteiger partial charge in [0.1, 0.15) is 0 Å². The summed E-state index contributed by atoms with van der Waals surface area (Å²) >= 11 is 0. The van der Waals surface area contributed by atoms with Crippen molar-refractivity contribution in [3.63, 3.8) is 0 Å². The van der Waals surface area contributed by atoms with Crippen molar-refractivity contribution in [3.8, 4) is 0 Å². The van der Waals surface area contributed by atoms with Crippen LogP contribution < -0.4 is 5.32 Å². The molecular formula is C13H29NO2. The Hall–Kier alpha value is -0.120. The molecular weight excluding hydrogens is 202 g/mol. The molecule has 0 saturated heterocycles. The molecule has 0 saturated carbocycles. The van der Waals surface area contributed by atoms with Crippen LogP contribution in [0.25, 0.3) is 0 Å². The second kappa shape index (κ2) is 8.97. The summed E-state index contributed by atoms with van der Waals surface area (Å²) in [5.41, 5.74) is 0. The summed E-state index contributed by atoms with van der Waals surface area (Å²) in [5.74, 6) is 0.928. The minimum atomic E-state index is -0.242. The fraction of sp³-hybridized carbons (Fsp3) is 1.00. The minimum Gasteiger partial charge on any atom is -0.392 e. The van der Waals surface area contributed by atoms with Crippen molar-refractivity contribution >= 4 is 0 Å². The van der Waals surface area contributed by atoms with E-state index in [0.717, 1.165) is 12.8 Å². The fourth-order valence-electron chi connectivity index (χ4n) is 1.94. The highest BCUT2D eigenvalue weighted by molar-refractivity contribution is 4.75. The van der Waals surface area contributed by atoms with Crippen LogP contribution in [0.3, 0.4) is 0 Å². The second-order valence-corrected chi connectivity index (χ2v) is 4.86. The first-order chi connectivity index (χ1) is 7.56. The van der Waals surface area contributed by atoms with Crippen molar-refractivity contribution in [2.24, 2.45) is 11.8 Å². The Morgan fingerprint density at radius 1 is 1.19 bits per heavy atom. The van der Waals surface area contributed by atoms with E-state index >= 15 is 0 Å². The van der Waals surface area contributed by atoms with Crippen molar-refractivity contribution in [2.45, 2.75) is 52.7 Å². The van der Waals surface area contributed by atoms with Crippen LogP contribution in [0.5, 0.6) is 0 Å². The number of methoxy groups -OCH3 is 1. The van der Waals surface area contributed by atoms with E-state index in [-0.39, 0.29) is 6.10 Å². The van der Waals surface area contributed by atoms with E-state index in [4.69, 9.17) is 4.74 Å². The van der Waals surface area contributed by atoms with Gasteiger partial charge in [0, 0.05) is 19.7 Å². The third kappa shape index (κ3) is 5.83. The molecule has 0 aliphatic rings. The number of aliphatic hydroxyl groups excluding tert-OH is 1. The number of rotatable bonds is 9.